The number of sulfonamides is 1. The van der Waals surface area contributed by atoms with Crippen molar-refractivity contribution >= 4 is 21.9 Å². The number of aromatic carboxylic acids is 1. The lowest BCUT2D eigenvalue weighted by Gasteiger charge is -2.14. The van der Waals surface area contributed by atoms with Crippen LogP contribution < -0.4 is 5.73 Å². The molecule has 9 nitrogen and oxygen atoms in total. The molecule has 0 spiro atoms. The van der Waals surface area contributed by atoms with Crippen LogP contribution in [0, 0.1) is 0 Å². The zero-order chi connectivity index (χ0) is 13.2. The Balaban J connectivity index is 3.17. The highest BCUT2D eigenvalue weighted by Gasteiger charge is 2.29. The minimum absolute atomic E-state index is 0.499. The number of likely N-dealkylation sites (N-methyl/N-ethyl adjacent to an activating group) is 1. The Morgan fingerprint density at radius 1 is 1.59 bits per heavy atom. The molecule has 1 rings (SSSR count). The van der Waals surface area contributed by atoms with Crippen molar-refractivity contribution in [2.24, 2.45) is 5.73 Å². The number of hydrogen-bond acceptors (Lipinski definition) is 5. The lowest BCUT2D eigenvalue weighted by Crippen LogP contribution is -2.36. The van der Waals surface area contributed by atoms with Gasteiger partial charge in [-0.15, -0.1) is 0 Å². The summed E-state index contributed by atoms with van der Waals surface area (Å²) in [5.74, 6) is -2.29. The van der Waals surface area contributed by atoms with Crippen LogP contribution in [0.5, 0.6) is 0 Å². The van der Waals surface area contributed by atoms with Gasteiger partial charge in [-0.3, -0.25) is 9.89 Å². The predicted octanol–water partition coefficient (Wildman–Crippen LogP) is -1.79. The third kappa shape index (κ3) is 2.60. The summed E-state index contributed by atoms with van der Waals surface area (Å²) in [6.07, 6.45) is 0.868. The average molecular weight is 262 g/mol. The smallest absolute Gasteiger partial charge is 0.340 e. The van der Waals surface area contributed by atoms with Crippen LogP contribution in [-0.2, 0) is 14.8 Å². The van der Waals surface area contributed by atoms with E-state index in [9.17, 15) is 18.0 Å². The molecule has 1 aromatic rings. The monoisotopic (exact) mass is 262 g/mol. The van der Waals surface area contributed by atoms with E-state index in [0.717, 1.165) is 13.2 Å². The summed E-state index contributed by atoms with van der Waals surface area (Å²) in [4.78, 5) is 21.4. The predicted molar refractivity (Wildman–Crippen MR) is 54.6 cm³/mol. The van der Waals surface area contributed by atoms with Crippen molar-refractivity contribution < 1.29 is 23.1 Å². The van der Waals surface area contributed by atoms with Crippen molar-refractivity contribution in [3.05, 3.63) is 11.8 Å². The van der Waals surface area contributed by atoms with E-state index in [1.165, 1.54) is 0 Å². The molecule has 0 aliphatic carbocycles. The fourth-order valence-corrected chi connectivity index (χ4v) is 2.28. The van der Waals surface area contributed by atoms with Crippen LogP contribution in [0.15, 0.2) is 11.2 Å². The van der Waals surface area contributed by atoms with Gasteiger partial charge in [0.1, 0.15) is 5.56 Å². The topological polar surface area (TPSA) is 146 Å². The van der Waals surface area contributed by atoms with E-state index in [1.54, 1.807) is 0 Å². The number of H-pyrrole nitrogens is 1. The van der Waals surface area contributed by atoms with Gasteiger partial charge in [0.05, 0.1) is 12.7 Å². The van der Waals surface area contributed by atoms with Gasteiger partial charge in [0, 0.05) is 7.05 Å². The number of nitrogens with two attached hydrogens (primary N) is 1. The Morgan fingerprint density at radius 2 is 2.18 bits per heavy atom. The number of rotatable bonds is 5. The van der Waals surface area contributed by atoms with Gasteiger partial charge in [0.2, 0.25) is 5.91 Å². The molecule has 0 aromatic carbocycles. The van der Waals surface area contributed by atoms with E-state index >= 15 is 0 Å². The molecule has 0 aliphatic heterocycles. The van der Waals surface area contributed by atoms with Crippen molar-refractivity contribution in [1.29, 1.82) is 0 Å². The van der Waals surface area contributed by atoms with Gasteiger partial charge in [-0.05, 0) is 0 Å². The molecule has 4 N–H and O–H groups in total. The Bertz CT molecular complexity index is 548. The van der Waals surface area contributed by atoms with E-state index in [0.29, 0.717) is 4.31 Å². The fraction of sp³-hybridized carbons (Fsp3) is 0.286. The summed E-state index contributed by atoms with van der Waals surface area (Å²) in [7, 11) is -3.03. The highest BCUT2D eigenvalue weighted by Crippen LogP contribution is 2.15. The number of carboxylic acids is 1. The third-order valence-electron chi connectivity index (χ3n) is 1.88. The van der Waals surface area contributed by atoms with Crippen LogP contribution in [0.1, 0.15) is 10.4 Å². The van der Waals surface area contributed by atoms with Crippen LogP contribution in [0.2, 0.25) is 0 Å². The molecule has 1 aromatic heterocycles. The number of carbonyl (C=O) groups is 2. The third-order valence-corrected chi connectivity index (χ3v) is 3.66. The molecule has 0 saturated carbocycles. The first kappa shape index (κ1) is 13.1. The van der Waals surface area contributed by atoms with Crippen molar-refractivity contribution in [3.8, 4) is 0 Å². The van der Waals surface area contributed by atoms with Crippen LogP contribution in [-0.4, -0.2) is 53.5 Å². The first-order valence-corrected chi connectivity index (χ1v) is 5.72. The number of carbonyl (C=O) groups excluding carboxylic acids is 1. The van der Waals surface area contributed by atoms with Crippen LogP contribution in [0.4, 0.5) is 0 Å². The molecule has 94 valence electrons. The number of aromatic amines is 1. The SMILES string of the molecule is CN(CC(N)=O)S(=O)(=O)c1[nH]ncc1C(=O)O. The van der Waals surface area contributed by atoms with Crippen molar-refractivity contribution in [2.45, 2.75) is 5.03 Å². The van der Waals surface area contributed by atoms with E-state index in [2.05, 4.69) is 10.2 Å². The van der Waals surface area contributed by atoms with Gasteiger partial charge in [0.15, 0.2) is 5.03 Å². The molecular weight excluding hydrogens is 252 g/mol. The van der Waals surface area contributed by atoms with Gasteiger partial charge >= 0.3 is 5.97 Å². The molecule has 10 heteroatoms. The lowest BCUT2D eigenvalue weighted by atomic mass is 10.4. The van der Waals surface area contributed by atoms with E-state index in [-0.39, 0.29) is 0 Å². The molecule has 0 unspecified atom stereocenters. The largest absolute Gasteiger partial charge is 0.478 e. The normalized spacial score (nSPS) is 11.6. The van der Waals surface area contributed by atoms with E-state index in [4.69, 9.17) is 10.8 Å². The average Bonchev–Trinajstić information content (AvgIpc) is 2.64. The second kappa shape index (κ2) is 4.51. The highest BCUT2D eigenvalue weighted by molar-refractivity contribution is 7.89. The lowest BCUT2D eigenvalue weighted by molar-refractivity contribution is -0.118. The van der Waals surface area contributed by atoms with Gasteiger partial charge in [0.25, 0.3) is 10.0 Å². The molecule has 0 saturated heterocycles. The summed E-state index contributed by atoms with van der Waals surface area (Å²) in [5, 5.41) is 13.6. The molecular formula is C7H10N4O5S. The number of primary amides is 1. The zero-order valence-electron chi connectivity index (χ0n) is 8.74. The standard InChI is InChI=1S/C7H10N4O5S/c1-11(3-5(8)12)17(15,16)6-4(7(13)14)2-9-10-6/h2H,3H2,1H3,(H2,8,12)(H,9,10)(H,13,14). The maximum atomic E-state index is 11.8. The highest BCUT2D eigenvalue weighted by atomic mass is 32.2. The second-order valence-corrected chi connectivity index (χ2v) is 5.13. The number of nitrogens with zero attached hydrogens (tertiary/aromatic N) is 2. The quantitative estimate of drug-likeness (QED) is 0.571. The van der Waals surface area contributed by atoms with Gasteiger partial charge < -0.3 is 10.8 Å². The summed E-state index contributed by atoms with van der Waals surface area (Å²) < 4.78 is 24.3. The summed E-state index contributed by atoms with van der Waals surface area (Å²) in [5.41, 5.74) is 4.36. The molecule has 1 amide bonds. The molecule has 0 atom stereocenters. The minimum Gasteiger partial charge on any atom is -0.478 e. The van der Waals surface area contributed by atoms with Gasteiger partial charge in [-0.25, -0.2) is 13.2 Å². The molecule has 1 heterocycles. The van der Waals surface area contributed by atoms with Crippen LogP contribution in [0.3, 0.4) is 0 Å². The molecule has 0 aliphatic rings. The Labute approximate surface area is 96.3 Å². The van der Waals surface area contributed by atoms with Crippen molar-refractivity contribution in [1.82, 2.24) is 14.5 Å². The molecule has 0 fully saturated rings. The second-order valence-electron chi connectivity index (χ2n) is 3.15. The minimum atomic E-state index is -4.13. The molecule has 17 heavy (non-hydrogen) atoms. The summed E-state index contributed by atoms with van der Waals surface area (Å²) in [6, 6.07) is 0. The van der Waals surface area contributed by atoms with E-state index < -0.39 is 39.0 Å². The summed E-state index contributed by atoms with van der Waals surface area (Å²) in [6.45, 7) is -0.555. The Hall–Kier alpha value is -1.94. The number of nitrogens with one attached hydrogen (secondary N) is 1. The molecule has 0 radical (unpaired) electrons. The van der Waals surface area contributed by atoms with Crippen molar-refractivity contribution in [2.75, 3.05) is 13.6 Å². The number of hydrogen-bond donors (Lipinski definition) is 3. The van der Waals surface area contributed by atoms with Crippen LogP contribution >= 0.6 is 0 Å². The van der Waals surface area contributed by atoms with Gasteiger partial charge in [-0.2, -0.15) is 9.40 Å². The number of carboxylic acid groups (broad SMARTS) is 1. The maximum Gasteiger partial charge on any atom is 0.340 e. The first-order valence-electron chi connectivity index (χ1n) is 4.28. The fourth-order valence-electron chi connectivity index (χ4n) is 1.08. The molecule has 0 bridgehead atoms. The Morgan fingerprint density at radius 3 is 2.65 bits per heavy atom. The van der Waals surface area contributed by atoms with Gasteiger partial charge in [-0.1, -0.05) is 0 Å². The van der Waals surface area contributed by atoms with Crippen molar-refractivity contribution in [3.63, 3.8) is 0 Å². The van der Waals surface area contributed by atoms with Crippen LogP contribution in [0.25, 0.3) is 0 Å². The number of amides is 1. The maximum absolute atomic E-state index is 11.8. The Kier molecular flexibility index (Phi) is 3.48. The first-order chi connectivity index (χ1) is 7.76. The van der Waals surface area contributed by atoms with E-state index in [1.807, 2.05) is 0 Å². The number of aromatic nitrogens is 2. The zero-order valence-corrected chi connectivity index (χ0v) is 9.56. The summed E-state index contributed by atoms with van der Waals surface area (Å²) >= 11 is 0.